The van der Waals surface area contributed by atoms with Gasteiger partial charge in [0.2, 0.25) is 0 Å². The Labute approximate surface area is 120 Å². The maximum absolute atomic E-state index is 11.0. The maximum atomic E-state index is 11.0. The quantitative estimate of drug-likeness (QED) is 0.743. The van der Waals surface area contributed by atoms with E-state index in [1.54, 1.807) is 6.07 Å². The van der Waals surface area contributed by atoms with Gasteiger partial charge in [-0.25, -0.2) is 4.79 Å². The lowest BCUT2D eigenvalue weighted by molar-refractivity contribution is 0.150. The first-order chi connectivity index (χ1) is 9.63. The molecule has 0 bridgehead atoms. The van der Waals surface area contributed by atoms with Gasteiger partial charge in [-0.15, -0.1) is 0 Å². The fourth-order valence-corrected chi connectivity index (χ4v) is 2.19. The second-order valence-electron chi connectivity index (χ2n) is 4.29. The Hall–Kier alpha value is -1.75. The van der Waals surface area contributed by atoms with Crippen LogP contribution in [-0.4, -0.2) is 32.4 Å². The SMILES string of the molecule is CCOCCc1c(OC(N)=O)cccc1N(CC)CC. The third-order valence-electron chi connectivity index (χ3n) is 3.12. The minimum Gasteiger partial charge on any atom is -0.410 e. The van der Waals surface area contributed by atoms with Gasteiger partial charge in [-0.2, -0.15) is 0 Å². The van der Waals surface area contributed by atoms with Crippen molar-refractivity contribution in [2.45, 2.75) is 27.2 Å². The van der Waals surface area contributed by atoms with Gasteiger partial charge >= 0.3 is 6.09 Å². The number of carbonyl (C=O) groups excluding carboxylic acids is 1. The molecule has 0 spiro atoms. The Balaban J connectivity index is 3.09. The predicted octanol–water partition coefficient (Wildman–Crippen LogP) is 2.57. The highest BCUT2D eigenvalue weighted by Gasteiger charge is 2.15. The van der Waals surface area contributed by atoms with Gasteiger partial charge in [-0.05, 0) is 32.9 Å². The monoisotopic (exact) mass is 280 g/mol. The number of hydrogen-bond donors (Lipinski definition) is 1. The number of nitrogens with zero attached hydrogens (tertiary/aromatic N) is 1. The molecule has 5 heteroatoms. The zero-order valence-electron chi connectivity index (χ0n) is 12.5. The molecule has 0 saturated carbocycles. The molecular formula is C15H24N2O3. The summed E-state index contributed by atoms with van der Waals surface area (Å²) in [5, 5.41) is 0. The van der Waals surface area contributed by atoms with Crippen molar-refractivity contribution in [3.63, 3.8) is 0 Å². The molecule has 1 rings (SSSR count). The standard InChI is InChI=1S/C15H24N2O3/c1-4-17(5-2)13-8-7-9-14(20-15(16)18)12(13)10-11-19-6-3/h7-9H,4-6,10-11H2,1-3H3,(H2,16,18). The topological polar surface area (TPSA) is 64.8 Å². The number of anilines is 1. The summed E-state index contributed by atoms with van der Waals surface area (Å²) in [5.41, 5.74) is 7.16. The number of primary amides is 1. The van der Waals surface area contributed by atoms with Crippen LogP contribution >= 0.6 is 0 Å². The van der Waals surface area contributed by atoms with Crippen LogP contribution in [0, 0.1) is 0 Å². The molecule has 1 aromatic rings. The molecule has 0 atom stereocenters. The molecule has 0 aliphatic carbocycles. The molecule has 0 unspecified atom stereocenters. The molecule has 0 heterocycles. The van der Waals surface area contributed by atoms with E-state index in [2.05, 4.69) is 18.7 Å². The van der Waals surface area contributed by atoms with Crippen molar-refractivity contribution in [1.82, 2.24) is 0 Å². The Bertz CT molecular complexity index is 431. The highest BCUT2D eigenvalue weighted by Crippen LogP contribution is 2.30. The summed E-state index contributed by atoms with van der Waals surface area (Å²) in [6.07, 6.45) is -0.109. The van der Waals surface area contributed by atoms with Crippen molar-refractivity contribution in [2.24, 2.45) is 5.73 Å². The molecule has 20 heavy (non-hydrogen) atoms. The Morgan fingerprint density at radius 3 is 2.50 bits per heavy atom. The van der Waals surface area contributed by atoms with Crippen LogP contribution in [0.5, 0.6) is 5.75 Å². The summed E-state index contributed by atoms with van der Waals surface area (Å²) >= 11 is 0. The first-order valence-corrected chi connectivity index (χ1v) is 7.05. The molecule has 1 aromatic carbocycles. The van der Waals surface area contributed by atoms with Gasteiger partial charge in [0.1, 0.15) is 5.75 Å². The summed E-state index contributed by atoms with van der Waals surface area (Å²) in [4.78, 5) is 13.2. The van der Waals surface area contributed by atoms with Crippen molar-refractivity contribution in [3.8, 4) is 5.75 Å². The average molecular weight is 280 g/mol. The van der Waals surface area contributed by atoms with Crippen molar-refractivity contribution >= 4 is 11.8 Å². The van der Waals surface area contributed by atoms with Gasteiger partial charge in [0.25, 0.3) is 0 Å². The van der Waals surface area contributed by atoms with Crippen LogP contribution in [0.15, 0.2) is 18.2 Å². The van der Waals surface area contributed by atoms with Crippen molar-refractivity contribution in [1.29, 1.82) is 0 Å². The second-order valence-corrected chi connectivity index (χ2v) is 4.29. The Morgan fingerprint density at radius 1 is 1.25 bits per heavy atom. The minimum atomic E-state index is -0.792. The van der Waals surface area contributed by atoms with Gasteiger partial charge < -0.3 is 20.1 Å². The fourth-order valence-electron chi connectivity index (χ4n) is 2.19. The van der Waals surface area contributed by atoms with E-state index >= 15 is 0 Å². The molecule has 0 radical (unpaired) electrons. The van der Waals surface area contributed by atoms with Crippen LogP contribution in [0.3, 0.4) is 0 Å². The molecule has 2 N–H and O–H groups in total. The van der Waals surface area contributed by atoms with Crippen molar-refractivity contribution in [3.05, 3.63) is 23.8 Å². The van der Waals surface area contributed by atoms with Gasteiger partial charge in [-0.1, -0.05) is 6.07 Å². The lowest BCUT2D eigenvalue weighted by Crippen LogP contribution is -2.24. The number of nitrogens with two attached hydrogens (primary N) is 1. The summed E-state index contributed by atoms with van der Waals surface area (Å²) in [6, 6.07) is 5.66. The molecule has 0 aliphatic heterocycles. The third kappa shape index (κ3) is 4.42. The van der Waals surface area contributed by atoms with E-state index in [1.165, 1.54) is 0 Å². The highest BCUT2D eigenvalue weighted by molar-refractivity contribution is 5.70. The van der Waals surface area contributed by atoms with E-state index in [-0.39, 0.29) is 0 Å². The number of carbonyl (C=O) groups is 1. The summed E-state index contributed by atoms with van der Waals surface area (Å²) in [7, 11) is 0. The molecule has 0 aliphatic rings. The van der Waals surface area contributed by atoms with Gasteiger partial charge in [0.15, 0.2) is 0 Å². The Morgan fingerprint density at radius 2 is 1.95 bits per heavy atom. The first kappa shape index (κ1) is 16.3. The summed E-state index contributed by atoms with van der Waals surface area (Å²) in [6.45, 7) is 9.17. The number of rotatable bonds is 8. The number of benzene rings is 1. The van der Waals surface area contributed by atoms with E-state index < -0.39 is 6.09 Å². The molecule has 5 nitrogen and oxygen atoms in total. The van der Waals surface area contributed by atoms with E-state index in [9.17, 15) is 4.79 Å². The van der Waals surface area contributed by atoms with E-state index in [0.29, 0.717) is 25.4 Å². The minimum absolute atomic E-state index is 0.515. The molecule has 1 amide bonds. The predicted molar refractivity (Wildman–Crippen MR) is 80.4 cm³/mol. The maximum Gasteiger partial charge on any atom is 0.409 e. The number of amides is 1. The lowest BCUT2D eigenvalue weighted by Gasteiger charge is -2.25. The Kier molecular flexibility index (Phi) is 6.87. The molecular weight excluding hydrogens is 256 g/mol. The molecule has 0 saturated heterocycles. The van der Waals surface area contributed by atoms with Gasteiger partial charge in [-0.3, -0.25) is 0 Å². The first-order valence-electron chi connectivity index (χ1n) is 7.05. The lowest BCUT2D eigenvalue weighted by atomic mass is 10.1. The second kappa shape index (κ2) is 8.43. The van der Waals surface area contributed by atoms with E-state index in [4.69, 9.17) is 15.2 Å². The van der Waals surface area contributed by atoms with Crippen LogP contribution in [0.1, 0.15) is 26.3 Å². The van der Waals surface area contributed by atoms with E-state index in [0.717, 1.165) is 24.3 Å². The number of ether oxygens (including phenoxy) is 2. The van der Waals surface area contributed by atoms with Crippen LogP contribution in [0.25, 0.3) is 0 Å². The van der Waals surface area contributed by atoms with Gasteiger partial charge in [0, 0.05) is 37.4 Å². The van der Waals surface area contributed by atoms with Crippen molar-refractivity contribution < 1.29 is 14.3 Å². The smallest absolute Gasteiger partial charge is 0.409 e. The zero-order chi connectivity index (χ0) is 15.0. The molecule has 0 fully saturated rings. The molecule has 112 valence electrons. The summed E-state index contributed by atoms with van der Waals surface area (Å²) in [5.74, 6) is 0.515. The average Bonchev–Trinajstić information content (AvgIpc) is 2.42. The van der Waals surface area contributed by atoms with Crippen LogP contribution in [0.4, 0.5) is 10.5 Å². The van der Waals surface area contributed by atoms with Crippen LogP contribution < -0.4 is 15.4 Å². The van der Waals surface area contributed by atoms with Gasteiger partial charge in [0.05, 0.1) is 6.61 Å². The van der Waals surface area contributed by atoms with Crippen LogP contribution in [0.2, 0.25) is 0 Å². The van der Waals surface area contributed by atoms with E-state index in [1.807, 2.05) is 19.1 Å². The van der Waals surface area contributed by atoms with Crippen LogP contribution in [-0.2, 0) is 11.2 Å². The summed E-state index contributed by atoms with van der Waals surface area (Å²) < 4.78 is 10.5. The largest absolute Gasteiger partial charge is 0.410 e. The normalized spacial score (nSPS) is 10.3. The highest BCUT2D eigenvalue weighted by atomic mass is 16.5. The zero-order valence-corrected chi connectivity index (χ0v) is 12.5. The fraction of sp³-hybridized carbons (Fsp3) is 0.533. The molecule has 0 aromatic heterocycles. The number of hydrogen-bond acceptors (Lipinski definition) is 4. The van der Waals surface area contributed by atoms with Crippen molar-refractivity contribution in [2.75, 3.05) is 31.2 Å². The third-order valence-corrected chi connectivity index (χ3v) is 3.12.